The van der Waals surface area contributed by atoms with E-state index in [0.29, 0.717) is 6.04 Å². The summed E-state index contributed by atoms with van der Waals surface area (Å²) in [6.07, 6.45) is 9.28. The maximum absolute atomic E-state index is 6.19. The van der Waals surface area contributed by atoms with Crippen LogP contribution in [0.15, 0.2) is 0 Å². The van der Waals surface area contributed by atoms with Gasteiger partial charge in [0.2, 0.25) is 0 Å². The number of hydrogen-bond donors (Lipinski definition) is 1. The van der Waals surface area contributed by atoms with Gasteiger partial charge in [-0.05, 0) is 68.7 Å². The summed E-state index contributed by atoms with van der Waals surface area (Å²) in [4.78, 5) is 0. The Hall–Kier alpha value is -0.0800. The van der Waals surface area contributed by atoms with Crippen molar-refractivity contribution >= 4 is 0 Å². The molecule has 2 fully saturated rings. The van der Waals surface area contributed by atoms with Gasteiger partial charge < -0.3 is 10.1 Å². The normalized spacial score (nSPS) is 42.7. The van der Waals surface area contributed by atoms with E-state index in [1.165, 1.54) is 44.9 Å². The van der Waals surface area contributed by atoms with E-state index >= 15 is 0 Å². The molecule has 124 valence electrons. The molecule has 0 bridgehead atoms. The lowest BCUT2D eigenvalue weighted by Gasteiger charge is -2.49. The molecule has 0 aliphatic heterocycles. The van der Waals surface area contributed by atoms with Crippen LogP contribution in [-0.4, -0.2) is 25.3 Å². The molecule has 2 aliphatic rings. The summed E-state index contributed by atoms with van der Waals surface area (Å²) in [7, 11) is 1.95. The van der Waals surface area contributed by atoms with Crippen molar-refractivity contribution in [1.29, 1.82) is 0 Å². The van der Waals surface area contributed by atoms with Crippen molar-refractivity contribution in [2.45, 2.75) is 84.3 Å². The molecule has 21 heavy (non-hydrogen) atoms. The molecule has 0 saturated heterocycles. The molecule has 4 unspecified atom stereocenters. The van der Waals surface area contributed by atoms with Crippen LogP contribution in [-0.2, 0) is 4.74 Å². The van der Waals surface area contributed by atoms with E-state index in [1.54, 1.807) is 0 Å². The van der Waals surface area contributed by atoms with Crippen molar-refractivity contribution in [3.8, 4) is 0 Å². The van der Waals surface area contributed by atoms with Crippen LogP contribution in [0.4, 0.5) is 0 Å². The van der Waals surface area contributed by atoms with Gasteiger partial charge in [-0.3, -0.25) is 0 Å². The first-order valence-electron chi connectivity index (χ1n) is 9.31. The maximum atomic E-state index is 6.19. The largest absolute Gasteiger partial charge is 0.377 e. The van der Waals surface area contributed by atoms with Crippen molar-refractivity contribution in [1.82, 2.24) is 5.32 Å². The zero-order valence-corrected chi connectivity index (χ0v) is 15.0. The smallest absolute Gasteiger partial charge is 0.0833 e. The molecule has 0 aromatic heterocycles. The molecule has 0 spiro atoms. The molecular weight excluding hydrogens is 258 g/mol. The second kappa shape index (κ2) is 7.46. The third-order valence-corrected chi connectivity index (χ3v) is 6.63. The first kappa shape index (κ1) is 17.3. The Balaban J connectivity index is 2.12. The van der Waals surface area contributed by atoms with Gasteiger partial charge in [0.1, 0.15) is 0 Å². The minimum Gasteiger partial charge on any atom is -0.377 e. The lowest BCUT2D eigenvalue weighted by molar-refractivity contribution is -0.0946. The molecule has 2 rings (SSSR count). The number of ether oxygens (including phenoxy) is 1. The second-order valence-electron chi connectivity index (χ2n) is 8.01. The van der Waals surface area contributed by atoms with Crippen LogP contribution in [0.3, 0.4) is 0 Å². The average molecular weight is 296 g/mol. The highest BCUT2D eigenvalue weighted by molar-refractivity contribution is 5.00. The summed E-state index contributed by atoms with van der Waals surface area (Å²) < 4.78 is 6.19. The van der Waals surface area contributed by atoms with E-state index in [-0.39, 0.29) is 5.60 Å². The van der Waals surface area contributed by atoms with Crippen LogP contribution in [0, 0.1) is 23.7 Å². The van der Waals surface area contributed by atoms with Crippen LogP contribution in [0.25, 0.3) is 0 Å². The van der Waals surface area contributed by atoms with Crippen molar-refractivity contribution in [3.63, 3.8) is 0 Å². The van der Waals surface area contributed by atoms with Crippen molar-refractivity contribution in [2.75, 3.05) is 13.7 Å². The van der Waals surface area contributed by atoms with Crippen molar-refractivity contribution < 1.29 is 4.74 Å². The molecular formula is C19H37NO. The number of likely N-dealkylation sites (N-methyl/N-ethyl adjacent to an activating group) is 1. The van der Waals surface area contributed by atoms with E-state index in [1.807, 2.05) is 7.11 Å². The standard InChI is InChI=1S/C19H37NO/c1-6-20-18(17-8-7-15(3)16(4)13-17)19(21-5)11-9-14(2)10-12-19/h14-18,20H,6-13H2,1-5H3. The molecule has 4 atom stereocenters. The van der Waals surface area contributed by atoms with Gasteiger partial charge in [0.15, 0.2) is 0 Å². The molecule has 0 amide bonds. The van der Waals surface area contributed by atoms with E-state index in [9.17, 15) is 0 Å². The minimum absolute atomic E-state index is 0.0908. The van der Waals surface area contributed by atoms with Crippen LogP contribution >= 0.6 is 0 Å². The average Bonchev–Trinajstić information content (AvgIpc) is 2.49. The fourth-order valence-corrected chi connectivity index (χ4v) is 4.79. The van der Waals surface area contributed by atoms with Gasteiger partial charge in [0.05, 0.1) is 5.60 Å². The zero-order chi connectivity index (χ0) is 15.5. The third kappa shape index (κ3) is 3.82. The summed E-state index contributed by atoms with van der Waals surface area (Å²) in [6.45, 7) is 10.6. The molecule has 0 radical (unpaired) electrons. The summed E-state index contributed by atoms with van der Waals surface area (Å²) in [6, 6.07) is 0.551. The second-order valence-corrected chi connectivity index (χ2v) is 8.01. The number of hydrogen-bond acceptors (Lipinski definition) is 2. The minimum atomic E-state index is 0.0908. The van der Waals surface area contributed by atoms with Crippen molar-refractivity contribution in [3.05, 3.63) is 0 Å². The monoisotopic (exact) mass is 295 g/mol. The van der Waals surface area contributed by atoms with Gasteiger partial charge in [-0.15, -0.1) is 0 Å². The predicted molar refractivity (Wildman–Crippen MR) is 90.5 cm³/mol. The van der Waals surface area contributed by atoms with Gasteiger partial charge in [-0.25, -0.2) is 0 Å². The molecule has 2 saturated carbocycles. The molecule has 1 N–H and O–H groups in total. The highest BCUT2D eigenvalue weighted by Crippen LogP contribution is 2.44. The fraction of sp³-hybridized carbons (Fsp3) is 1.00. The first-order chi connectivity index (χ1) is 10.0. The Labute approximate surface area is 132 Å². The van der Waals surface area contributed by atoms with Gasteiger partial charge in [-0.1, -0.05) is 34.1 Å². The van der Waals surface area contributed by atoms with E-state index < -0.39 is 0 Å². The van der Waals surface area contributed by atoms with Crippen LogP contribution < -0.4 is 5.32 Å². The molecule has 2 nitrogen and oxygen atoms in total. The number of rotatable bonds is 5. The molecule has 0 aromatic rings. The Morgan fingerprint density at radius 1 is 1.05 bits per heavy atom. The Morgan fingerprint density at radius 2 is 1.71 bits per heavy atom. The quantitative estimate of drug-likeness (QED) is 0.798. The molecule has 2 aliphatic carbocycles. The summed E-state index contributed by atoms with van der Waals surface area (Å²) >= 11 is 0. The van der Waals surface area contributed by atoms with Crippen LogP contribution in [0.5, 0.6) is 0 Å². The van der Waals surface area contributed by atoms with Crippen molar-refractivity contribution in [2.24, 2.45) is 23.7 Å². The lowest BCUT2D eigenvalue weighted by Crippen LogP contribution is -2.58. The Kier molecular flexibility index (Phi) is 6.14. The topological polar surface area (TPSA) is 21.3 Å². The van der Waals surface area contributed by atoms with Gasteiger partial charge in [-0.2, -0.15) is 0 Å². The number of methoxy groups -OCH3 is 1. The highest BCUT2D eigenvalue weighted by atomic mass is 16.5. The molecule has 0 heterocycles. The van der Waals surface area contributed by atoms with Crippen LogP contribution in [0.1, 0.15) is 72.6 Å². The van der Waals surface area contributed by atoms with E-state index in [0.717, 1.165) is 30.2 Å². The zero-order valence-electron chi connectivity index (χ0n) is 15.0. The third-order valence-electron chi connectivity index (χ3n) is 6.63. The SMILES string of the molecule is CCNC(C1CCC(C)C(C)C1)C1(OC)CCC(C)CC1. The van der Waals surface area contributed by atoms with E-state index in [2.05, 4.69) is 33.0 Å². The lowest BCUT2D eigenvalue weighted by atomic mass is 9.65. The number of nitrogens with one attached hydrogen (secondary N) is 1. The maximum Gasteiger partial charge on any atom is 0.0833 e. The summed E-state index contributed by atoms with van der Waals surface area (Å²) in [5, 5.41) is 3.84. The Bertz CT molecular complexity index is 309. The van der Waals surface area contributed by atoms with Gasteiger partial charge in [0.25, 0.3) is 0 Å². The Morgan fingerprint density at radius 3 is 2.24 bits per heavy atom. The summed E-state index contributed by atoms with van der Waals surface area (Å²) in [5.74, 6) is 3.43. The van der Waals surface area contributed by atoms with Crippen LogP contribution in [0.2, 0.25) is 0 Å². The first-order valence-corrected chi connectivity index (χ1v) is 9.31. The fourth-order valence-electron chi connectivity index (χ4n) is 4.79. The van der Waals surface area contributed by atoms with Gasteiger partial charge >= 0.3 is 0 Å². The highest BCUT2D eigenvalue weighted by Gasteiger charge is 2.45. The predicted octanol–water partition coefficient (Wildman–Crippen LogP) is 4.63. The molecule has 0 aromatic carbocycles. The van der Waals surface area contributed by atoms with E-state index in [4.69, 9.17) is 4.74 Å². The molecule has 2 heteroatoms. The van der Waals surface area contributed by atoms with Gasteiger partial charge in [0, 0.05) is 13.2 Å². The summed E-state index contributed by atoms with van der Waals surface area (Å²) in [5.41, 5.74) is 0.0908.